The van der Waals surface area contributed by atoms with Gasteiger partial charge in [0.2, 0.25) is 0 Å². The summed E-state index contributed by atoms with van der Waals surface area (Å²) < 4.78 is 1.95. The average Bonchev–Trinajstić information content (AvgIpc) is 3.09. The molecule has 1 fully saturated rings. The molecule has 2 rings (SSSR count). The van der Waals surface area contributed by atoms with Gasteiger partial charge in [0.05, 0.1) is 0 Å². The molecule has 0 saturated heterocycles. The van der Waals surface area contributed by atoms with E-state index in [0.29, 0.717) is 0 Å². The SMILES string of the molecule is CCN(CCNCCc1ccnn1C)C1CC1. The Hall–Kier alpha value is -0.870. The van der Waals surface area contributed by atoms with Gasteiger partial charge in [-0.1, -0.05) is 6.92 Å². The number of hydrogen-bond acceptors (Lipinski definition) is 3. The Morgan fingerprint density at radius 2 is 2.29 bits per heavy atom. The second-order valence-electron chi connectivity index (χ2n) is 4.81. The van der Waals surface area contributed by atoms with E-state index < -0.39 is 0 Å². The summed E-state index contributed by atoms with van der Waals surface area (Å²) in [6.45, 7) is 6.78. The van der Waals surface area contributed by atoms with Gasteiger partial charge in [0.1, 0.15) is 0 Å². The molecule has 17 heavy (non-hydrogen) atoms. The molecule has 4 heteroatoms. The van der Waals surface area contributed by atoms with Crippen molar-refractivity contribution in [2.45, 2.75) is 32.2 Å². The number of likely N-dealkylation sites (N-methyl/N-ethyl adjacent to an activating group) is 1. The first kappa shape index (κ1) is 12.6. The molecule has 0 aromatic carbocycles. The first-order valence-corrected chi connectivity index (χ1v) is 6.73. The Balaban J connectivity index is 1.55. The number of nitrogens with zero attached hydrogens (tertiary/aromatic N) is 3. The van der Waals surface area contributed by atoms with Crippen LogP contribution in [0, 0.1) is 0 Å². The van der Waals surface area contributed by atoms with Gasteiger partial charge in [-0.05, 0) is 25.5 Å². The molecular weight excluding hydrogens is 212 g/mol. The van der Waals surface area contributed by atoms with Crippen molar-refractivity contribution in [2.24, 2.45) is 7.05 Å². The maximum absolute atomic E-state index is 4.17. The van der Waals surface area contributed by atoms with Crippen molar-refractivity contribution in [2.75, 3.05) is 26.2 Å². The molecule has 1 N–H and O–H groups in total. The van der Waals surface area contributed by atoms with Crippen molar-refractivity contribution >= 4 is 0 Å². The zero-order valence-corrected chi connectivity index (χ0v) is 11.0. The number of hydrogen-bond donors (Lipinski definition) is 1. The van der Waals surface area contributed by atoms with Crippen LogP contribution in [0.15, 0.2) is 12.3 Å². The van der Waals surface area contributed by atoms with Gasteiger partial charge in [-0.25, -0.2) is 0 Å². The molecule has 0 amide bonds. The molecule has 96 valence electrons. The molecule has 1 aromatic heterocycles. The Kier molecular flexibility index (Phi) is 4.57. The van der Waals surface area contributed by atoms with Gasteiger partial charge in [0, 0.05) is 51.0 Å². The summed E-state index contributed by atoms with van der Waals surface area (Å²) in [5.41, 5.74) is 1.30. The largest absolute Gasteiger partial charge is 0.315 e. The van der Waals surface area contributed by atoms with Crippen LogP contribution < -0.4 is 5.32 Å². The zero-order valence-electron chi connectivity index (χ0n) is 11.0. The second kappa shape index (κ2) is 6.17. The monoisotopic (exact) mass is 236 g/mol. The minimum atomic E-state index is 0.888. The Morgan fingerprint density at radius 1 is 1.47 bits per heavy atom. The molecule has 0 radical (unpaired) electrons. The van der Waals surface area contributed by atoms with Crippen LogP contribution in [0.3, 0.4) is 0 Å². The summed E-state index contributed by atoms with van der Waals surface area (Å²) in [7, 11) is 2.00. The van der Waals surface area contributed by atoms with Crippen LogP contribution >= 0.6 is 0 Å². The molecular formula is C13H24N4. The molecule has 1 aliphatic rings. The molecule has 1 heterocycles. The van der Waals surface area contributed by atoms with Gasteiger partial charge in [-0.3, -0.25) is 9.58 Å². The van der Waals surface area contributed by atoms with E-state index >= 15 is 0 Å². The average molecular weight is 236 g/mol. The predicted molar refractivity (Wildman–Crippen MR) is 70.1 cm³/mol. The summed E-state index contributed by atoms with van der Waals surface area (Å²) in [4.78, 5) is 2.58. The summed E-state index contributed by atoms with van der Waals surface area (Å²) in [6.07, 6.45) is 5.74. The fraction of sp³-hybridized carbons (Fsp3) is 0.769. The Labute approximate surface area is 104 Å². The molecule has 0 bridgehead atoms. The smallest absolute Gasteiger partial charge is 0.0492 e. The lowest BCUT2D eigenvalue weighted by atomic mass is 10.3. The van der Waals surface area contributed by atoms with Crippen LogP contribution in [-0.4, -0.2) is 46.9 Å². The first-order valence-electron chi connectivity index (χ1n) is 6.73. The highest BCUT2D eigenvalue weighted by atomic mass is 15.3. The van der Waals surface area contributed by atoms with Gasteiger partial charge in [-0.2, -0.15) is 5.10 Å². The number of nitrogens with one attached hydrogen (secondary N) is 1. The van der Waals surface area contributed by atoms with Gasteiger partial charge in [-0.15, -0.1) is 0 Å². The van der Waals surface area contributed by atoms with E-state index in [-0.39, 0.29) is 0 Å². The number of aromatic nitrogens is 2. The predicted octanol–water partition coefficient (Wildman–Crippen LogP) is 1.04. The molecule has 0 spiro atoms. The normalized spacial score (nSPS) is 15.7. The van der Waals surface area contributed by atoms with Crippen molar-refractivity contribution in [1.82, 2.24) is 20.0 Å². The van der Waals surface area contributed by atoms with Crippen LogP contribution in [-0.2, 0) is 13.5 Å². The topological polar surface area (TPSA) is 33.1 Å². The van der Waals surface area contributed by atoms with E-state index in [0.717, 1.165) is 25.6 Å². The molecule has 0 atom stereocenters. The van der Waals surface area contributed by atoms with Crippen LogP contribution in [0.4, 0.5) is 0 Å². The molecule has 4 nitrogen and oxygen atoms in total. The van der Waals surface area contributed by atoms with Gasteiger partial charge < -0.3 is 5.32 Å². The van der Waals surface area contributed by atoms with E-state index in [9.17, 15) is 0 Å². The van der Waals surface area contributed by atoms with E-state index in [1.54, 1.807) is 0 Å². The minimum absolute atomic E-state index is 0.888. The fourth-order valence-corrected chi connectivity index (χ4v) is 2.25. The quantitative estimate of drug-likeness (QED) is 0.685. The van der Waals surface area contributed by atoms with Gasteiger partial charge in [0.25, 0.3) is 0 Å². The van der Waals surface area contributed by atoms with E-state index in [1.807, 2.05) is 17.9 Å². The summed E-state index contributed by atoms with van der Waals surface area (Å²) in [6, 6.07) is 2.98. The highest BCUT2D eigenvalue weighted by Crippen LogP contribution is 2.25. The highest BCUT2D eigenvalue weighted by Gasteiger charge is 2.26. The standard InChI is InChI=1S/C13H24N4/c1-3-17(13-4-5-13)11-10-14-8-6-12-7-9-15-16(12)2/h7,9,13-14H,3-6,8,10-11H2,1-2H3. The van der Waals surface area contributed by atoms with E-state index in [4.69, 9.17) is 0 Å². The maximum atomic E-state index is 4.17. The summed E-state index contributed by atoms with van der Waals surface area (Å²) in [5, 5.41) is 7.68. The highest BCUT2D eigenvalue weighted by molar-refractivity contribution is 5.00. The van der Waals surface area contributed by atoms with E-state index in [1.165, 1.54) is 31.6 Å². The maximum Gasteiger partial charge on any atom is 0.0492 e. The van der Waals surface area contributed by atoms with Crippen LogP contribution in [0.25, 0.3) is 0 Å². The van der Waals surface area contributed by atoms with Gasteiger partial charge in [0.15, 0.2) is 0 Å². The lowest BCUT2D eigenvalue weighted by molar-refractivity contribution is 0.277. The van der Waals surface area contributed by atoms with Crippen LogP contribution in [0.5, 0.6) is 0 Å². The zero-order chi connectivity index (χ0) is 12.1. The Morgan fingerprint density at radius 3 is 2.88 bits per heavy atom. The third-order valence-electron chi connectivity index (χ3n) is 3.53. The lowest BCUT2D eigenvalue weighted by Crippen LogP contribution is -2.34. The molecule has 1 aliphatic carbocycles. The Bertz CT molecular complexity index is 330. The van der Waals surface area contributed by atoms with Crippen molar-refractivity contribution in [3.63, 3.8) is 0 Å². The van der Waals surface area contributed by atoms with E-state index in [2.05, 4.69) is 28.3 Å². The third-order valence-corrected chi connectivity index (χ3v) is 3.53. The van der Waals surface area contributed by atoms with Gasteiger partial charge >= 0.3 is 0 Å². The molecule has 1 aromatic rings. The molecule has 0 unspecified atom stereocenters. The summed E-state index contributed by atoms with van der Waals surface area (Å²) in [5.74, 6) is 0. The molecule has 0 aliphatic heterocycles. The van der Waals surface area contributed by atoms with Crippen molar-refractivity contribution in [3.05, 3.63) is 18.0 Å². The minimum Gasteiger partial charge on any atom is -0.315 e. The summed E-state index contributed by atoms with van der Waals surface area (Å²) >= 11 is 0. The first-order chi connectivity index (χ1) is 8.31. The van der Waals surface area contributed by atoms with Crippen LogP contribution in [0.1, 0.15) is 25.5 Å². The number of aryl methyl sites for hydroxylation is 1. The van der Waals surface area contributed by atoms with Crippen molar-refractivity contribution in [3.8, 4) is 0 Å². The van der Waals surface area contributed by atoms with Crippen molar-refractivity contribution < 1.29 is 0 Å². The fourth-order valence-electron chi connectivity index (χ4n) is 2.25. The second-order valence-corrected chi connectivity index (χ2v) is 4.81. The lowest BCUT2D eigenvalue weighted by Gasteiger charge is -2.19. The number of rotatable bonds is 8. The molecule has 1 saturated carbocycles. The third kappa shape index (κ3) is 3.82. The van der Waals surface area contributed by atoms with Crippen molar-refractivity contribution in [1.29, 1.82) is 0 Å². The van der Waals surface area contributed by atoms with Crippen LogP contribution in [0.2, 0.25) is 0 Å².